The second kappa shape index (κ2) is 8.10. The first-order valence-corrected chi connectivity index (χ1v) is 8.93. The van der Waals surface area contributed by atoms with Crippen LogP contribution in [0.15, 0.2) is 0 Å². The van der Waals surface area contributed by atoms with E-state index in [1.807, 2.05) is 0 Å². The van der Waals surface area contributed by atoms with E-state index < -0.39 is 54.3 Å². The molecule has 2 rings (SSSR count). The van der Waals surface area contributed by atoms with Gasteiger partial charge in [0.15, 0.2) is 0 Å². The van der Waals surface area contributed by atoms with Gasteiger partial charge in [-0.3, -0.25) is 19.3 Å². The number of hydrogen-bond donors (Lipinski definition) is 2. The Labute approximate surface area is 156 Å². The molecule has 0 unspecified atom stereocenters. The number of nitrogens with zero attached hydrogens (tertiary/aromatic N) is 2. The minimum atomic E-state index is -1.35. The van der Waals surface area contributed by atoms with E-state index in [2.05, 4.69) is 5.32 Å². The molecule has 2 aliphatic rings. The SMILES string of the molecule is CC(C)(C)OC(=O)N1C[C@H](F)C[C@H]1C(=O)N1CCC[C@H]1C(=O)NCC(=O)O. The van der Waals surface area contributed by atoms with Crippen molar-refractivity contribution in [2.75, 3.05) is 19.6 Å². The standard InChI is InChI=1S/C17H26FN3O6/c1-17(2,3)27-16(26)21-9-10(18)7-12(21)15(25)20-6-4-5-11(20)14(24)19-8-13(22)23/h10-12H,4-9H2,1-3H3,(H,19,24)(H,22,23)/t10-,11+,12+/m1/s1. The maximum atomic E-state index is 14.0. The average molecular weight is 387 g/mol. The third kappa shape index (κ3) is 5.30. The molecule has 0 aromatic heterocycles. The van der Waals surface area contributed by atoms with Gasteiger partial charge in [0.1, 0.15) is 30.4 Å². The van der Waals surface area contributed by atoms with Crippen molar-refractivity contribution in [3.05, 3.63) is 0 Å². The number of hydrogen-bond acceptors (Lipinski definition) is 5. The summed E-state index contributed by atoms with van der Waals surface area (Å²) in [4.78, 5) is 50.5. The van der Waals surface area contributed by atoms with Gasteiger partial charge in [0.25, 0.3) is 0 Å². The summed E-state index contributed by atoms with van der Waals surface area (Å²) >= 11 is 0. The summed E-state index contributed by atoms with van der Waals surface area (Å²) in [6, 6.07) is -1.86. The maximum Gasteiger partial charge on any atom is 0.411 e. The van der Waals surface area contributed by atoms with Crippen molar-refractivity contribution in [1.82, 2.24) is 15.1 Å². The maximum absolute atomic E-state index is 14.0. The van der Waals surface area contributed by atoms with Gasteiger partial charge in [-0.25, -0.2) is 9.18 Å². The summed E-state index contributed by atoms with van der Waals surface area (Å²) in [6.07, 6.45) is -1.33. The molecule has 0 bridgehead atoms. The van der Waals surface area contributed by atoms with Gasteiger partial charge in [-0.1, -0.05) is 0 Å². The number of carboxylic acids is 1. The average Bonchev–Trinajstić information content (AvgIpc) is 3.16. The Kier molecular flexibility index (Phi) is 6.27. The lowest BCUT2D eigenvalue weighted by Crippen LogP contribution is -2.53. The molecule has 9 nitrogen and oxygen atoms in total. The van der Waals surface area contributed by atoms with Crippen LogP contribution in [0.3, 0.4) is 0 Å². The molecule has 0 spiro atoms. The van der Waals surface area contributed by atoms with Crippen molar-refractivity contribution in [1.29, 1.82) is 0 Å². The monoisotopic (exact) mass is 387 g/mol. The zero-order valence-corrected chi connectivity index (χ0v) is 15.7. The van der Waals surface area contributed by atoms with Crippen LogP contribution in [0.4, 0.5) is 9.18 Å². The number of carbonyl (C=O) groups is 4. The Morgan fingerprint density at radius 1 is 1.19 bits per heavy atom. The van der Waals surface area contributed by atoms with E-state index in [-0.39, 0.29) is 13.0 Å². The number of rotatable bonds is 4. The number of ether oxygens (including phenoxy) is 1. The molecule has 2 N–H and O–H groups in total. The number of aliphatic carboxylic acids is 1. The fraction of sp³-hybridized carbons (Fsp3) is 0.765. The van der Waals surface area contributed by atoms with Gasteiger partial charge in [-0.15, -0.1) is 0 Å². The second-order valence-electron chi connectivity index (χ2n) is 7.78. The topological polar surface area (TPSA) is 116 Å². The zero-order valence-electron chi connectivity index (χ0n) is 15.7. The quantitative estimate of drug-likeness (QED) is 0.727. The second-order valence-corrected chi connectivity index (χ2v) is 7.78. The predicted octanol–water partition coefficient (Wildman–Crippen LogP) is 0.526. The number of likely N-dealkylation sites (tertiary alicyclic amines) is 2. The van der Waals surface area contributed by atoms with Crippen LogP contribution in [0, 0.1) is 0 Å². The van der Waals surface area contributed by atoms with Crippen molar-refractivity contribution >= 4 is 23.9 Å². The first-order chi connectivity index (χ1) is 12.5. The summed E-state index contributed by atoms with van der Waals surface area (Å²) in [5.74, 6) is -2.28. The lowest BCUT2D eigenvalue weighted by atomic mass is 10.1. The molecule has 27 heavy (non-hydrogen) atoms. The van der Waals surface area contributed by atoms with Crippen LogP contribution in [0.5, 0.6) is 0 Å². The molecular formula is C17H26FN3O6. The summed E-state index contributed by atoms with van der Waals surface area (Å²) in [5.41, 5.74) is -0.786. The van der Waals surface area contributed by atoms with Gasteiger partial charge in [-0.05, 0) is 33.6 Å². The van der Waals surface area contributed by atoms with Crippen LogP contribution in [0.1, 0.15) is 40.0 Å². The van der Waals surface area contributed by atoms with Crippen LogP contribution in [0.2, 0.25) is 0 Å². The Hall–Kier alpha value is -2.39. The third-order valence-corrected chi connectivity index (χ3v) is 4.42. The van der Waals surface area contributed by atoms with Gasteiger partial charge in [0.05, 0.1) is 6.54 Å². The van der Waals surface area contributed by atoms with Crippen LogP contribution in [-0.2, 0) is 19.1 Å². The lowest BCUT2D eigenvalue weighted by Gasteiger charge is -2.31. The highest BCUT2D eigenvalue weighted by molar-refractivity contribution is 5.93. The molecule has 2 heterocycles. The number of carboxylic acid groups (broad SMARTS) is 1. The minimum Gasteiger partial charge on any atom is -0.480 e. The minimum absolute atomic E-state index is 0.155. The van der Waals surface area contributed by atoms with E-state index in [9.17, 15) is 23.6 Å². The van der Waals surface area contributed by atoms with E-state index in [0.29, 0.717) is 19.4 Å². The number of amides is 3. The Morgan fingerprint density at radius 3 is 2.44 bits per heavy atom. The van der Waals surface area contributed by atoms with Crippen LogP contribution in [-0.4, -0.2) is 82.3 Å². The molecule has 0 aromatic rings. The lowest BCUT2D eigenvalue weighted by molar-refractivity contribution is -0.143. The van der Waals surface area contributed by atoms with E-state index in [0.717, 1.165) is 4.90 Å². The number of carbonyl (C=O) groups excluding carboxylic acids is 3. The molecule has 152 valence electrons. The first kappa shape index (κ1) is 20.9. The van der Waals surface area contributed by atoms with Crippen LogP contribution >= 0.6 is 0 Å². The van der Waals surface area contributed by atoms with Crippen molar-refractivity contribution in [2.45, 2.75) is 63.9 Å². The van der Waals surface area contributed by atoms with Crippen LogP contribution < -0.4 is 5.32 Å². The van der Waals surface area contributed by atoms with Crippen molar-refractivity contribution in [3.8, 4) is 0 Å². The highest BCUT2D eigenvalue weighted by Crippen LogP contribution is 2.28. The third-order valence-electron chi connectivity index (χ3n) is 4.42. The number of halogens is 1. The van der Waals surface area contributed by atoms with Gasteiger partial charge in [0, 0.05) is 13.0 Å². The largest absolute Gasteiger partial charge is 0.480 e. The molecule has 0 aliphatic carbocycles. The molecule has 3 atom stereocenters. The van der Waals surface area contributed by atoms with Crippen LogP contribution in [0.25, 0.3) is 0 Å². The van der Waals surface area contributed by atoms with Crippen molar-refractivity contribution in [2.24, 2.45) is 0 Å². The Balaban J connectivity index is 2.10. The molecular weight excluding hydrogens is 361 g/mol. The molecule has 10 heteroatoms. The number of nitrogens with one attached hydrogen (secondary N) is 1. The fourth-order valence-corrected chi connectivity index (χ4v) is 3.32. The van der Waals surface area contributed by atoms with Gasteiger partial charge in [0.2, 0.25) is 11.8 Å². The van der Waals surface area contributed by atoms with E-state index in [1.54, 1.807) is 20.8 Å². The fourth-order valence-electron chi connectivity index (χ4n) is 3.32. The first-order valence-electron chi connectivity index (χ1n) is 8.93. The number of alkyl halides is 1. The predicted molar refractivity (Wildman–Crippen MR) is 91.6 cm³/mol. The molecule has 3 amide bonds. The summed E-state index contributed by atoms with van der Waals surface area (Å²) in [6.45, 7) is 4.53. The Bertz CT molecular complexity index is 620. The molecule has 2 aliphatic heterocycles. The van der Waals surface area contributed by atoms with Gasteiger partial charge in [-0.2, -0.15) is 0 Å². The summed E-state index contributed by atoms with van der Waals surface area (Å²) in [7, 11) is 0. The van der Waals surface area contributed by atoms with E-state index in [4.69, 9.17) is 9.84 Å². The molecule has 2 fully saturated rings. The molecule has 0 radical (unpaired) electrons. The summed E-state index contributed by atoms with van der Waals surface area (Å²) in [5, 5.41) is 10.9. The zero-order chi connectivity index (χ0) is 20.4. The van der Waals surface area contributed by atoms with Crippen molar-refractivity contribution < 1.29 is 33.4 Å². The van der Waals surface area contributed by atoms with Gasteiger partial charge >= 0.3 is 12.1 Å². The smallest absolute Gasteiger partial charge is 0.411 e. The van der Waals surface area contributed by atoms with E-state index in [1.165, 1.54) is 4.90 Å². The highest BCUT2D eigenvalue weighted by Gasteiger charge is 2.46. The van der Waals surface area contributed by atoms with Crippen molar-refractivity contribution in [3.63, 3.8) is 0 Å². The highest BCUT2D eigenvalue weighted by atomic mass is 19.1. The Morgan fingerprint density at radius 2 is 1.85 bits per heavy atom. The van der Waals surface area contributed by atoms with E-state index >= 15 is 0 Å². The summed E-state index contributed by atoms with van der Waals surface area (Å²) < 4.78 is 19.2. The van der Waals surface area contributed by atoms with Gasteiger partial charge < -0.3 is 20.1 Å². The molecule has 0 aromatic carbocycles. The molecule has 2 saturated heterocycles. The molecule has 0 saturated carbocycles. The normalized spacial score (nSPS) is 25.4.